The molecule has 2 aromatic rings. The van der Waals surface area contributed by atoms with Crippen LogP contribution in [0.4, 0.5) is 0 Å². The number of halogens is 1. The van der Waals surface area contributed by atoms with E-state index in [0.29, 0.717) is 24.0 Å². The van der Waals surface area contributed by atoms with Crippen LogP contribution in [0.15, 0.2) is 24.3 Å². The van der Waals surface area contributed by atoms with Gasteiger partial charge in [0.2, 0.25) is 0 Å². The van der Waals surface area contributed by atoms with Crippen molar-refractivity contribution in [2.45, 2.75) is 45.1 Å². The van der Waals surface area contributed by atoms with Crippen LogP contribution in [0.25, 0.3) is 10.9 Å². The average molecular weight is 358 g/mol. The van der Waals surface area contributed by atoms with Crippen LogP contribution in [-0.2, 0) is 0 Å². The Morgan fingerprint density at radius 3 is 2.72 bits per heavy atom. The smallest absolute Gasteiger partial charge is 0.254 e. The quantitative estimate of drug-likeness (QED) is 0.884. The molecule has 2 heterocycles. The number of hydrogen-bond acceptors (Lipinski definition) is 3. The molecular weight excluding hydrogens is 334 g/mol. The van der Waals surface area contributed by atoms with Crippen molar-refractivity contribution in [3.8, 4) is 0 Å². The molecule has 2 fully saturated rings. The summed E-state index contributed by atoms with van der Waals surface area (Å²) in [5, 5.41) is 1.47. The van der Waals surface area contributed by atoms with Gasteiger partial charge in [0.1, 0.15) is 0 Å². The maximum atomic E-state index is 13.3. The molecule has 0 spiro atoms. The molecule has 1 aliphatic carbocycles. The van der Waals surface area contributed by atoms with E-state index in [1.54, 1.807) is 0 Å². The van der Waals surface area contributed by atoms with E-state index in [4.69, 9.17) is 22.3 Å². The minimum Gasteiger partial charge on any atom is -0.338 e. The molecule has 5 heteroatoms. The number of likely N-dealkylation sites (tertiary alicyclic amines) is 1. The SMILES string of the molecule is CC1(C)CN(C(=O)c2cc(C3CC3)nc3ccc(Cl)cc23)CCC1N. The lowest BCUT2D eigenvalue weighted by Gasteiger charge is -2.42. The number of benzene rings is 1. The van der Waals surface area contributed by atoms with E-state index < -0.39 is 0 Å². The summed E-state index contributed by atoms with van der Waals surface area (Å²) < 4.78 is 0. The van der Waals surface area contributed by atoms with Crippen LogP contribution < -0.4 is 5.73 Å². The second kappa shape index (κ2) is 5.96. The fourth-order valence-electron chi connectivity index (χ4n) is 3.70. The number of fused-ring (bicyclic) bond motifs is 1. The van der Waals surface area contributed by atoms with Gasteiger partial charge in [-0.1, -0.05) is 25.4 Å². The highest BCUT2D eigenvalue weighted by Crippen LogP contribution is 2.40. The maximum Gasteiger partial charge on any atom is 0.254 e. The van der Waals surface area contributed by atoms with Crippen LogP contribution in [0, 0.1) is 5.41 Å². The first-order valence-corrected chi connectivity index (χ1v) is 9.38. The van der Waals surface area contributed by atoms with Crippen LogP contribution in [0.3, 0.4) is 0 Å². The van der Waals surface area contributed by atoms with Crippen LogP contribution in [0.1, 0.15) is 55.1 Å². The van der Waals surface area contributed by atoms with Crippen molar-refractivity contribution < 1.29 is 4.79 Å². The van der Waals surface area contributed by atoms with Gasteiger partial charge in [0.25, 0.3) is 5.91 Å². The first-order valence-electron chi connectivity index (χ1n) is 9.00. The van der Waals surface area contributed by atoms with Gasteiger partial charge in [-0.05, 0) is 48.9 Å². The second-order valence-corrected chi connectivity index (χ2v) is 8.58. The molecule has 1 unspecified atom stereocenters. The summed E-state index contributed by atoms with van der Waals surface area (Å²) >= 11 is 6.19. The summed E-state index contributed by atoms with van der Waals surface area (Å²) in [5.74, 6) is 0.564. The predicted molar refractivity (Wildman–Crippen MR) is 101 cm³/mol. The van der Waals surface area contributed by atoms with Crippen molar-refractivity contribution in [3.63, 3.8) is 0 Å². The number of hydrogen-bond donors (Lipinski definition) is 1. The topological polar surface area (TPSA) is 59.2 Å². The van der Waals surface area contributed by atoms with Crippen molar-refractivity contribution in [1.29, 1.82) is 0 Å². The number of pyridine rings is 1. The molecule has 0 radical (unpaired) electrons. The Kier molecular flexibility index (Phi) is 4.00. The molecule has 25 heavy (non-hydrogen) atoms. The van der Waals surface area contributed by atoms with Gasteiger partial charge in [0, 0.05) is 41.2 Å². The van der Waals surface area contributed by atoms with Crippen LogP contribution >= 0.6 is 11.6 Å². The van der Waals surface area contributed by atoms with E-state index in [1.165, 1.54) is 0 Å². The van der Waals surface area contributed by atoms with Gasteiger partial charge in [-0.3, -0.25) is 9.78 Å². The lowest BCUT2D eigenvalue weighted by molar-refractivity contribution is 0.0534. The number of aromatic nitrogens is 1. The third-order valence-electron chi connectivity index (χ3n) is 5.62. The molecule has 4 nitrogen and oxygen atoms in total. The van der Waals surface area contributed by atoms with Crippen LogP contribution in [-0.4, -0.2) is 34.9 Å². The van der Waals surface area contributed by atoms with Gasteiger partial charge in [0.05, 0.1) is 11.1 Å². The highest BCUT2D eigenvalue weighted by atomic mass is 35.5. The molecule has 1 amide bonds. The number of piperidine rings is 1. The van der Waals surface area contributed by atoms with Crippen LogP contribution in [0.2, 0.25) is 5.02 Å². The largest absolute Gasteiger partial charge is 0.338 e. The lowest BCUT2D eigenvalue weighted by Crippen LogP contribution is -2.54. The Labute approximate surface area is 153 Å². The summed E-state index contributed by atoms with van der Waals surface area (Å²) in [4.78, 5) is 20.0. The molecule has 132 valence electrons. The van der Waals surface area contributed by atoms with E-state index >= 15 is 0 Å². The predicted octanol–water partition coefficient (Wildman–Crippen LogP) is 3.97. The van der Waals surface area contributed by atoms with Crippen molar-refractivity contribution in [2.24, 2.45) is 11.1 Å². The normalized spacial score (nSPS) is 23.0. The Bertz CT molecular complexity index is 844. The van der Waals surface area contributed by atoms with E-state index in [9.17, 15) is 4.79 Å². The Morgan fingerprint density at radius 2 is 2.04 bits per heavy atom. The molecule has 2 aliphatic rings. The maximum absolute atomic E-state index is 13.3. The summed E-state index contributed by atoms with van der Waals surface area (Å²) in [5.41, 5.74) is 8.76. The van der Waals surface area contributed by atoms with Gasteiger partial charge in [0.15, 0.2) is 0 Å². The van der Waals surface area contributed by atoms with Crippen molar-refractivity contribution in [2.75, 3.05) is 13.1 Å². The minimum absolute atomic E-state index is 0.0662. The Balaban J connectivity index is 1.76. The zero-order valence-electron chi connectivity index (χ0n) is 14.8. The molecule has 1 saturated heterocycles. The zero-order chi connectivity index (χ0) is 17.8. The minimum atomic E-state index is -0.0757. The average Bonchev–Trinajstić information content (AvgIpc) is 3.40. The summed E-state index contributed by atoms with van der Waals surface area (Å²) in [7, 11) is 0. The molecule has 1 aromatic carbocycles. The molecule has 0 bridgehead atoms. The van der Waals surface area contributed by atoms with E-state index in [-0.39, 0.29) is 17.4 Å². The van der Waals surface area contributed by atoms with Crippen LogP contribution in [0.5, 0.6) is 0 Å². The molecular formula is C20H24ClN3O. The van der Waals surface area contributed by atoms with Gasteiger partial charge in [-0.25, -0.2) is 0 Å². The first-order chi connectivity index (χ1) is 11.8. The standard InChI is InChI=1S/C20H24ClN3O/c1-20(2)11-24(8-7-18(20)22)19(25)15-10-17(12-3-4-12)23-16-6-5-13(21)9-14(15)16/h5-6,9-10,12,18H,3-4,7-8,11,22H2,1-2H3. The number of rotatable bonds is 2. The Hall–Kier alpha value is -1.65. The highest BCUT2D eigenvalue weighted by molar-refractivity contribution is 6.31. The molecule has 1 saturated carbocycles. The van der Waals surface area contributed by atoms with Gasteiger partial charge >= 0.3 is 0 Å². The summed E-state index contributed by atoms with van der Waals surface area (Å²) in [6.07, 6.45) is 3.15. The molecule has 1 aromatic heterocycles. The van der Waals surface area contributed by atoms with Gasteiger partial charge in [-0.15, -0.1) is 0 Å². The van der Waals surface area contributed by atoms with Crippen molar-refractivity contribution in [3.05, 3.63) is 40.5 Å². The number of carbonyl (C=O) groups is 1. The van der Waals surface area contributed by atoms with Gasteiger partial charge in [-0.2, -0.15) is 0 Å². The highest BCUT2D eigenvalue weighted by Gasteiger charge is 2.36. The van der Waals surface area contributed by atoms with Crippen molar-refractivity contribution >= 4 is 28.4 Å². The Morgan fingerprint density at radius 1 is 1.28 bits per heavy atom. The summed E-state index contributed by atoms with van der Waals surface area (Å²) in [6, 6.07) is 7.72. The second-order valence-electron chi connectivity index (χ2n) is 8.14. The third-order valence-corrected chi connectivity index (χ3v) is 5.85. The third kappa shape index (κ3) is 3.13. The molecule has 2 N–H and O–H groups in total. The lowest BCUT2D eigenvalue weighted by atomic mass is 9.79. The monoisotopic (exact) mass is 357 g/mol. The molecule has 1 aliphatic heterocycles. The number of carbonyl (C=O) groups excluding carboxylic acids is 1. The molecule has 1 atom stereocenters. The number of nitrogens with two attached hydrogens (primary N) is 1. The fraction of sp³-hybridized carbons (Fsp3) is 0.500. The van der Waals surface area contributed by atoms with E-state index in [1.807, 2.05) is 29.2 Å². The fourth-order valence-corrected chi connectivity index (χ4v) is 3.87. The van der Waals surface area contributed by atoms with E-state index in [2.05, 4.69) is 13.8 Å². The number of nitrogens with zero attached hydrogens (tertiary/aromatic N) is 2. The van der Waals surface area contributed by atoms with E-state index in [0.717, 1.165) is 41.4 Å². The molecule has 4 rings (SSSR count). The number of amides is 1. The zero-order valence-corrected chi connectivity index (χ0v) is 15.5. The van der Waals surface area contributed by atoms with Crippen molar-refractivity contribution in [1.82, 2.24) is 9.88 Å². The van der Waals surface area contributed by atoms with Gasteiger partial charge < -0.3 is 10.6 Å². The first kappa shape index (κ1) is 16.8. The summed E-state index contributed by atoms with van der Waals surface area (Å²) in [6.45, 7) is 5.64.